The lowest BCUT2D eigenvalue weighted by molar-refractivity contribution is 0.0322. The summed E-state index contributed by atoms with van der Waals surface area (Å²) in [6, 6.07) is 1.43. The summed E-state index contributed by atoms with van der Waals surface area (Å²) in [5.41, 5.74) is 0. The summed E-state index contributed by atoms with van der Waals surface area (Å²) in [4.78, 5) is 2.64. The van der Waals surface area contributed by atoms with Crippen LogP contribution in [0.2, 0.25) is 0 Å². The molecule has 1 N–H and O–H groups in total. The van der Waals surface area contributed by atoms with Crippen LogP contribution in [0.25, 0.3) is 0 Å². The van der Waals surface area contributed by atoms with E-state index in [-0.39, 0.29) is 0 Å². The molecule has 3 atom stereocenters. The molecule has 118 valence electrons. The Morgan fingerprint density at radius 1 is 1.10 bits per heavy atom. The molecule has 1 aliphatic heterocycles. The zero-order valence-electron chi connectivity index (χ0n) is 13.6. The maximum atomic E-state index is 5.64. The van der Waals surface area contributed by atoms with Gasteiger partial charge in [-0.2, -0.15) is 0 Å². The van der Waals surface area contributed by atoms with E-state index in [0.29, 0.717) is 6.04 Å². The molecule has 20 heavy (non-hydrogen) atoms. The van der Waals surface area contributed by atoms with Crippen LogP contribution in [-0.4, -0.2) is 50.3 Å². The Bertz CT molecular complexity index is 253. The highest BCUT2D eigenvalue weighted by Crippen LogP contribution is 2.24. The average molecular weight is 282 g/mol. The van der Waals surface area contributed by atoms with Crippen LogP contribution < -0.4 is 5.32 Å². The first-order chi connectivity index (χ1) is 9.81. The molecule has 0 aromatic heterocycles. The van der Waals surface area contributed by atoms with Crippen molar-refractivity contribution in [2.45, 2.75) is 70.4 Å². The van der Waals surface area contributed by atoms with Crippen LogP contribution in [-0.2, 0) is 4.74 Å². The van der Waals surface area contributed by atoms with Gasteiger partial charge in [0.25, 0.3) is 0 Å². The minimum atomic E-state index is 0.701. The van der Waals surface area contributed by atoms with Gasteiger partial charge in [-0.3, -0.25) is 0 Å². The normalized spacial score (nSPS) is 32.2. The van der Waals surface area contributed by atoms with Crippen molar-refractivity contribution in [3.8, 4) is 0 Å². The molecule has 1 saturated heterocycles. The molecule has 0 amide bonds. The smallest absolute Gasteiger partial charge is 0.0506 e. The van der Waals surface area contributed by atoms with Gasteiger partial charge >= 0.3 is 0 Å². The lowest BCUT2D eigenvalue weighted by Gasteiger charge is -2.37. The van der Waals surface area contributed by atoms with Crippen LogP contribution in [0.5, 0.6) is 0 Å². The van der Waals surface area contributed by atoms with E-state index >= 15 is 0 Å². The minimum absolute atomic E-state index is 0.701. The van der Waals surface area contributed by atoms with E-state index in [0.717, 1.165) is 25.2 Å². The molecule has 3 nitrogen and oxygen atoms in total. The highest BCUT2D eigenvalue weighted by atomic mass is 16.5. The Morgan fingerprint density at radius 2 is 1.95 bits per heavy atom. The van der Waals surface area contributed by atoms with Gasteiger partial charge in [0.15, 0.2) is 0 Å². The fourth-order valence-electron chi connectivity index (χ4n) is 3.88. The first-order valence-corrected chi connectivity index (χ1v) is 8.82. The zero-order valence-corrected chi connectivity index (χ0v) is 13.6. The maximum Gasteiger partial charge on any atom is 0.0506 e. The molecule has 0 aromatic carbocycles. The van der Waals surface area contributed by atoms with Crippen LogP contribution in [0, 0.1) is 5.92 Å². The molecule has 3 unspecified atom stereocenters. The van der Waals surface area contributed by atoms with Gasteiger partial charge in [-0.25, -0.2) is 0 Å². The second-order valence-corrected chi connectivity index (χ2v) is 6.79. The van der Waals surface area contributed by atoms with Crippen molar-refractivity contribution < 1.29 is 4.74 Å². The number of nitrogens with zero attached hydrogens (tertiary/aromatic N) is 1. The third-order valence-corrected chi connectivity index (χ3v) is 5.00. The molecule has 1 saturated carbocycles. The number of nitrogens with one attached hydrogen (secondary N) is 1. The monoisotopic (exact) mass is 282 g/mol. The summed E-state index contributed by atoms with van der Waals surface area (Å²) < 4.78 is 5.64. The summed E-state index contributed by atoms with van der Waals surface area (Å²) in [6.45, 7) is 6.60. The summed E-state index contributed by atoms with van der Waals surface area (Å²) in [7, 11) is 2.34. The minimum Gasteiger partial charge on any atom is -0.381 e. The van der Waals surface area contributed by atoms with Crippen molar-refractivity contribution in [3.63, 3.8) is 0 Å². The van der Waals surface area contributed by atoms with Crippen molar-refractivity contribution in [2.24, 2.45) is 5.92 Å². The molecular weight excluding hydrogens is 248 g/mol. The number of hydrogen-bond acceptors (Lipinski definition) is 3. The third-order valence-electron chi connectivity index (χ3n) is 5.00. The maximum absolute atomic E-state index is 5.64. The Kier molecular flexibility index (Phi) is 7.32. The quantitative estimate of drug-likeness (QED) is 0.758. The predicted octanol–water partition coefficient (Wildman–Crippen LogP) is 3.05. The first-order valence-electron chi connectivity index (χ1n) is 8.82. The topological polar surface area (TPSA) is 24.5 Å². The van der Waals surface area contributed by atoms with Crippen molar-refractivity contribution in [2.75, 3.05) is 33.4 Å². The van der Waals surface area contributed by atoms with Crippen LogP contribution in [0.4, 0.5) is 0 Å². The van der Waals surface area contributed by atoms with E-state index in [2.05, 4.69) is 24.2 Å². The standard InChI is InChI=1S/C17H34N2O/c1-3-11-18-16-9-5-4-6-10-17(16)19(2)13-15-8-7-12-20-14-15/h15-18H,3-14H2,1-2H3. The van der Waals surface area contributed by atoms with E-state index in [1.807, 2.05) is 0 Å². The van der Waals surface area contributed by atoms with Gasteiger partial charge in [-0.05, 0) is 51.6 Å². The number of ether oxygens (including phenoxy) is 1. The van der Waals surface area contributed by atoms with Gasteiger partial charge in [0.1, 0.15) is 0 Å². The molecule has 0 bridgehead atoms. The van der Waals surface area contributed by atoms with Gasteiger partial charge < -0.3 is 15.0 Å². The molecule has 0 spiro atoms. The van der Waals surface area contributed by atoms with E-state index in [1.54, 1.807) is 0 Å². The number of likely N-dealkylation sites (N-methyl/N-ethyl adjacent to an activating group) is 1. The van der Waals surface area contributed by atoms with Crippen molar-refractivity contribution >= 4 is 0 Å². The van der Waals surface area contributed by atoms with Gasteiger partial charge in [-0.1, -0.05) is 26.2 Å². The second-order valence-electron chi connectivity index (χ2n) is 6.79. The lowest BCUT2D eigenvalue weighted by atomic mass is 9.97. The van der Waals surface area contributed by atoms with Gasteiger partial charge in [0, 0.05) is 25.2 Å². The van der Waals surface area contributed by atoms with Crippen molar-refractivity contribution in [1.82, 2.24) is 10.2 Å². The Labute approximate surface area is 125 Å². The van der Waals surface area contributed by atoms with E-state index < -0.39 is 0 Å². The molecule has 3 heteroatoms. The second kappa shape index (κ2) is 9.01. The molecule has 0 aromatic rings. The molecule has 2 aliphatic rings. The molecular formula is C17H34N2O. The van der Waals surface area contributed by atoms with Crippen LogP contribution >= 0.6 is 0 Å². The Morgan fingerprint density at radius 3 is 2.70 bits per heavy atom. The van der Waals surface area contributed by atoms with Crippen LogP contribution in [0.1, 0.15) is 58.3 Å². The molecule has 2 rings (SSSR count). The average Bonchev–Trinajstić information content (AvgIpc) is 2.71. The number of rotatable bonds is 6. The fraction of sp³-hybridized carbons (Fsp3) is 1.00. The van der Waals surface area contributed by atoms with Crippen molar-refractivity contribution in [1.29, 1.82) is 0 Å². The van der Waals surface area contributed by atoms with Crippen LogP contribution in [0.3, 0.4) is 0 Å². The summed E-state index contributed by atoms with van der Waals surface area (Å²) in [5, 5.41) is 3.81. The van der Waals surface area contributed by atoms with Gasteiger partial charge in [-0.15, -0.1) is 0 Å². The highest BCUT2D eigenvalue weighted by Gasteiger charge is 2.28. The highest BCUT2D eigenvalue weighted by molar-refractivity contribution is 4.86. The van der Waals surface area contributed by atoms with Gasteiger partial charge in [0.2, 0.25) is 0 Å². The van der Waals surface area contributed by atoms with Gasteiger partial charge in [0.05, 0.1) is 6.61 Å². The lowest BCUT2D eigenvalue weighted by Crippen LogP contribution is -2.50. The largest absolute Gasteiger partial charge is 0.381 e. The molecule has 1 aliphatic carbocycles. The van der Waals surface area contributed by atoms with E-state index in [1.165, 1.54) is 64.5 Å². The predicted molar refractivity (Wildman–Crippen MR) is 85.1 cm³/mol. The fourth-order valence-corrected chi connectivity index (χ4v) is 3.88. The molecule has 2 fully saturated rings. The zero-order chi connectivity index (χ0) is 14.2. The third kappa shape index (κ3) is 5.01. The summed E-state index contributed by atoms with van der Waals surface area (Å²) in [6.07, 6.45) is 10.8. The summed E-state index contributed by atoms with van der Waals surface area (Å²) in [5.74, 6) is 0.754. The van der Waals surface area contributed by atoms with E-state index in [4.69, 9.17) is 4.74 Å². The SMILES string of the molecule is CCCNC1CCCCCC1N(C)CC1CCCOC1. The summed E-state index contributed by atoms with van der Waals surface area (Å²) >= 11 is 0. The van der Waals surface area contributed by atoms with E-state index in [9.17, 15) is 0 Å². The number of hydrogen-bond donors (Lipinski definition) is 1. The van der Waals surface area contributed by atoms with Crippen LogP contribution in [0.15, 0.2) is 0 Å². The molecule has 1 heterocycles. The first kappa shape index (κ1) is 16.3. The van der Waals surface area contributed by atoms with Crippen molar-refractivity contribution in [3.05, 3.63) is 0 Å². The Hall–Kier alpha value is -0.120. The Balaban J connectivity index is 1.86. The molecule has 0 radical (unpaired) electrons.